The van der Waals surface area contributed by atoms with E-state index in [0.717, 1.165) is 5.56 Å². The van der Waals surface area contributed by atoms with E-state index in [1.807, 2.05) is 13.8 Å². The molecule has 0 amide bonds. The highest BCUT2D eigenvalue weighted by Crippen LogP contribution is 2.33. The molecule has 0 fully saturated rings. The molecular weight excluding hydrogens is 322 g/mol. The zero-order chi connectivity index (χ0) is 18.6. The van der Waals surface area contributed by atoms with Crippen LogP contribution in [0.2, 0.25) is 0 Å². The minimum absolute atomic E-state index is 0.0414. The van der Waals surface area contributed by atoms with E-state index in [1.54, 1.807) is 41.5 Å². The number of ether oxygens (including phenoxy) is 2. The van der Waals surface area contributed by atoms with Gasteiger partial charge in [0.25, 0.3) is 0 Å². The summed E-state index contributed by atoms with van der Waals surface area (Å²) in [6, 6.07) is 4.99. The number of anilines is 1. The number of phenolic OH excluding ortho intramolecular Hbond substituents is 1. The molecular formula is C19H21NO5. The molecule has 1 aliphatic rings. The lowest BCUT2D eigenvalue weighted by atomic mass is 10.0. The Bertz CT molecular complexity index is 774. The minimum Gasteiger partial charge on any atom is -0.508 e. The Balaban J connectivity index is 2.67. The largest absolute Gasteiger partial charge is 0.508 e. The zero-order valence-electron chi connectivity index (χ0n) is 14.6. The summed E-state index contributed by atoms with van der Waals surface area (Å²) < 4.78 is 9.65. The number of hydrogen-bond acceptors (Lipinski definition) is 6. The molecule has 1 heterocycles. The lowest BCUT2D eigenvalue weighted by molar-refractivity contribution is -0.139. The van der Waals surface area contributed by atoms with Crippen molar-refractivity contribution in [2.75, 3.05) is 19.1 Å². The minimum atomic E-state index is -0.671. The van der Waals surface area contributed by atoms with E-state index in [0.29, 0.717) is 5.69 Å². The first-order valence-electron chi connectivity index (χ1n) is 7.78. The van der Waals surface area contributed by atoms with Crippen molar-refractivity contribution in [3.63, 3.8) is 0 Å². The first-order valence-corrected chi connectivity index (χ1v) is 7.78. The van der Waals surface area contributed by atoms with E-state index in [2.05, 4.69) is 0 Å². The summed E-state index contributed by atoms with van der Waals surface area (Å²) in [5.41, 5.74) is 1.47. The molecule has 0 saturated heterocycles. The molecule has 25 heavy (non-hydrogen) atoms. The highest BCUT2D eigenvalue weighted by Gasteiger charge is 2.27. The van der Waals surface area contributed by atoms with Gasteiger partial charge in [0, 0.05) is 11.9 Å². The van der Waals surface area contributed by atoms with Gasteiger partial charge in [0.15, 0.2) is 0 Å². The number of carbonyl (C=O) groups is 2. The predicted octanol–water partition coefficient (Wildman–Crippen LogP) is 3.01. The molecule has 1 N–H and O–H groups in total. The zero-order valence-corrected chi connectivity index (χ0v) is 14.6. The third-order valence-corrected chi connectivity index (χ3v) is 3.80. The number of hydrogen-bond donors (Lipinski definition) is 1. The van der Waals surface area contributed by atoms with Gasteiger partial charge in [-0.2, -0.15) is 0 Å². The van der Waals surface area contributed by atoms with Gasteiger partial charge in [0.1, 0.15) is 11.4 Å². The normalized spacial score (nSPS) is 13.9. The van der Waals surface area contributed by atoms with Gasteiger partial charge in [-0.05, 0) is 41.8 Å². The van der Waals surface area contributed by atoms with E-state index in [9.17, 15) is 14.7 Å². The quantitative estimate of drug-likeness (QED) is 0.847. The number of rotatable bonds is 4. The number of methoxy groups -OCH3 is 2. The molecule has 0 aromatic heterocycles. The number of esters is 2. The number of nitrogens with zero attached hydrogens (tertiary/aromatic N) is 1. The number of phenols is 1. The summed E-state index contributed by atoms with van der Waals surface area (Å²) in [7, 11) is 2.50. The van der Waals surface area contributed by atoms with Crippen LogP contribution in [0.4, 0.5) is 5.69 Å². The molecule has 1 aromatic carbocycles. The van der Waals surface area contributed by atoms with Crippen molar-refractivity contribution in [2.45, 2.75) is 19.8 Å². The molecule has 0 saturated carbocycles. The van der Waals surface area contributed by atoms with Crippen molar-refractivity contribution in [1.29, 1.82) is 0 Å². The predicted molar refractivity (Wildman–Crippen MR) is 94.0 cm³/mol. The maximum Gasteiger partial charge on any atom is 0.355 e. The second-order valence-corrected chi connectivity index (χ2v) is 5.71. The summed E-state index contributed by atoms with van der Waals surface area (Å²) >= 11 is 0. The number of aromatic hydroxyl groups is 1. The molecule has 2 rings (SSSR count). The van der Waals surface area contributed by atoms with Crippen molar-refractivity contribution in [1.82, 2.24) is 0 Å². The Morgan fingerprint density at radius 3 is 2.36 bits per heavy atom. The van der Waals surface area contributed by atoms with Crippen LogP contribution in [0.15, 0.2) is 53.9 Å². The van der Waals surface area contributed by atoms with Gasteiger partial charge < -0.3 is 19.5 Å². The Morgan fingerprint density at radius 2 is 1.76 bits per heavy atom. The Hall–Kier alpha value is -3.02. The van der Waals surface area contributed by atoms with E-state index >= 15 is 0 Å². The molecule has 0 radical (unpaired) electrons. The van der Waals surface area contributed by atoms with Crippen LogP contribution in [0.5, 0.6) is 5.75 Å². The van der Waals surface area contributed by atoms with Crippen molar-refractivity contribution >= 4 is 17.6 Å². The lowest BCUT2D eigenvalue weighted by Crippen LogP contribution is -2.27. The molecule has 0 aliphatic carbocycles. The Morgan fingerprint density at radius 1 is 1.08 bits per heavy atom. The van der Waals surface area contributed by atoms with E-state index in [4.69, 9.17) is 9.47 Å². The highest BCUT2D eigenvalue weighted by molar-refractivity contribution is 6.05. The van der Waals surface area contributed by atoms with Crippen molar-refractivity contribution in [3.8, 4) is 5.75 Å². The summed E-state index contributed by atoms with van der Waals surface area (Å²) in [5.74, 6) is -1.06. The second kappa shape index (κ2) is 7.70. The summed E-state index contributed by atoms with van der Waals surface area (Å²) in [5, 5.41) is 10.0. The van der Waals surface area contributed by atoms with Gasteiger partial charge in [-0.1, -0.05) is 19.9 Å². The van der Waals surface area contributed by atoms with Gasteiger partial charge >= 0.3 is 11.9 Å². The topological polar surface area (TPSA) is 76.1 Å². The highest BCUT2D eigenvalue weighted by atomic mass is 16.5. The van der Waals surface area contributed by atoms with Crippen LogP contribution in [-0.4, -0.2) is 31.3 Å². The van der Waals surface area contributed by atoms with E-state index in [1.165, 1.54) is 20.3 Å². The van der Waals surface area contributed by atoms with Crippen LogP contribution in [0.1, 0.15) is 25.3 Å². The Kier molecular flexibility index (Phi) is 5.64. The average Bonchev–Trinajstić information content (AvgIpc) is 2.83. The van der Waals surface area contributed by atoms with Gasteiger partial charge in [-0.25, -0.2) is 9.59 Å². The molecule has 0 unspecified atom stereocenters. The van der Waals surface area contributed by atoms with E-state index < -0.39 is 11.9 Å². The lowest BCUT2D eigenvalue weighted by Gasteiger charge is -2.24. The second-order valence-electron chi connectivity index (χ2n) is 5.71. The van der Waals surface area contributed by atoms with Gasteiger partial charge in [0.2, 0.25) is 0 Å². The van der Waals surface area contributed by atoms with Gasteiger partial charge in [-0.3, -0.25) is 0 Å². The molecule has 0 bridgehead atoms. The van der Waals surface area contributed by atoms with Crippen LogP contribution in [0, 0.1) is 0 Å². The monoisotopic (exact) mass is 343 g/mol. The molecule has 6 heteroatoms. The van der Waals surface area contributed by atoms with Crippen LogP contribution < -0.4 is 4.90 Å². The van der Waals surface area contributed by atoms with Gasteiger partial charge in [0.05, 0.1) is 19.8 Å². The maximum atomic E-state index is 12.4. The molecule has 132 valence electrons. The SMILES string of the molecule is COC(=O)C1=C(C(=O)OC)N(c2ccc(O)c(C(C)C)c2)C=CC=C1. The van der Waals surface area contributed by atoms with E-state index in [-0.39, 0.29) is 22.9 Å². The van der Waals surface area contributed by atoms with Crippen molar-refractivity contribution < 1.29 is 24.2 Å². The number of benzene rings is 1. The molecule has 6 nitrogen and oxygen atoms in total. The van der Waals surface area contributed by atoms with Crippen molar-refractivity contribution in [2.24, 2.45) is 0 Å². The molecule has 0 spiro atoms. The molecule has 1 aliphatic heterocycles. The fourth-order valence-corrected chi connectivity index (χ4v) is 2.52. The van der Waals surface area contributed by atoms with Crippen LogP contribution in [0.3, 0.4) is 0 Å². The summed E-state index contributed by atoms with van der Waals surface area (Å²) in [6.07, 6.45) is 6.48. The summed E-state index contributed by atoms with van der Waals surface area (Å²) in [6.45, 7) is 3.91. The number of allylic oxidation sites excluding steroid dienone is 2. The first kappa shape index (κ1) is 18.3. The standard InChI is InChI=1S/C19H21NO5/c1-12(2)15-11-13(8-9-16(15)21)20-10-6-5-7-14(18(22)24-3)17(20)19(23)25-4/h5-12,21H,1-4H3. The average molecular weight is 343 g/mol. The van der Waals surface area contributed by atoms with Crippen LogP contribution in [0.25, 0.3) is 0 Å². The Labute approximate surface area is 146 Å². The third kappa shape index (κ3) is 3.74. The summed E-state index contributed by atoms with van der Waals surface area (Å²) in [4.78, 5) is 26.0. The van der Waals surface area contributed by atoms with Crippen molar-refractivity contribution in [3.05, 3.63) is 59.5 Å². The maximum absolute atomic E-state index is 12.4. The third-order valence-electron chi connectivity index (χ3n) is 3.80. The number of carbonyl (C=O) groups excluding carboxylic acids is 2. The van der Waals surface area contributed by atoms with Crippen LogP contribution >= 0.6 is 0 Å². The first-order chi connectivity index (χ1) is 11.9. The molecule has 1 aromatic rings. The fourth-order valence-electron chi connectivity index (χ4n) is 2.52. The van der Waals surface area contributed by atoms with Crippen LogP contribution in [-0.2, 0) is 19.1 Å². The van der Waals surface area contributed by atoms with Gasteiger partial charge in [-0.15, -0.1) is 0 Å². The molecule has 0 atom stereocenters. The smallest absolute Gasteiger partial charge is 0.355 e. The fraction of sp³-hybridized carbons (Fsp3) is 0.263.